The molecule has 4 heteroatoms. The fourth-order valence-electron chi connectivity index (χ4n) is 4.98. The van der Waals surface area contributed by atoms with Crippen molar-refractivity contribution in [1.29, 1.82) is 0 Å². The van der Waals surface area contributed by atoms with Gasteiger partial charge in [0.25, 0.3) is 0 Å². The normalized spacial score (nSPS) is 14.9. The number of aromatic nitrogens is 1. The van der Waals surface area contributed by atoms with Gasteiger partial charge in [-0.25, -0.2) is 0 Å². The highest BCUT2D eigenvalue weighted by molar-refractivity contribution is 5.87. The van der Waals surface area contributed by atoms with Gasteiger partial charge >= 0.3 is 0 Å². The Kier molecular flexibility index (Phi) is 6.50. The third-order valence-electron chi connectivity index (χ3n) is 6.86. The van der Waals surface area contributed by atoms with E-state index in [1.165, 1.54) is 38.7 Å². The molecule has 1 atom stereocenters. The summed E-state index contributed by atoms with van der Waals surface area (Å²) < 4.78 is 7.80. The molecule has 34 heavy (non-hydrogen) atoms. The van der Waals surface area contributed by atoms with Crippen LogP contribution in [0, 0.1) is 13.8 Å². The monoisotopic (exact) mass is 452 g/mol. The molecule has 1 unspecified atom stereocenters. The lowest BCUT2D eigenvalue weighted by molar-refractivity contribution is -0.135. The molecule has 1 amide bonds. The molecule has 1 fully saturated rings. The molecule has 4 aromatic rings. The van der Waals surface area contributed by atoms with Gasteiger partial charge in [0.1, 0.15) is 0 Å². The summed E-state index contributed by atoms with van der Waals surface area (Å²) in [7, 11) is 0. The van der Waals surface area contributed by atoms with Crippen LogP contribution in [0.3, 0.4) is 0 Å². The summed E-state index contributed by atoms with van der Waals surface area (Å²) in [5, 5.41) is 1.22. The van der Waals surface area contributed by atoms with E-state index < -0.39 is 0 Å². The number of hydrogen-bond acceptors (Lipinski definition) is 2. The van der Waals surface area contributed by atoms with Crippen molar-refractivity contribution in [3.63, 3.8) is 0 Å². The number of ether oxygens (including phenoxy) is 1. The second-order valence-corrected chi connectivity index (χ2v) is 9.38. The summed E-state index contributed by atoms with van der Waals surface area (Å²) in [5.74, 6) is 0.199. The number of aryl methyl sites for hydroxylation is 2. The molecule has 0 radical (unpaired) electrons. The number of hydrogen-bond donors (Lipinski definition) is 0. The predicted octanol–water partition coefficient (Wildman–Crippen LogP) is 5.69. The molecule has 1 aliphatic rings. The van der Waals surface area contributed by atoms with Crippen LogP contribution < -0.4 is 0 Å². The molecule has 4 nitrogen and oxygen atoms in total. The zero-order valence-electron chi connectivity index (χ0n) is 20.0. The second-order valence-electron chi connectivity index (χ2n) is 9.38. The van der Waals surface area contributed by atoms with E-state index in [4.69, 9.17) is 4.74 Å². The average Bonchev–Trinajstić information content (AvgIpc) is 3.22. The summed E-state index contributed by atoms with van der Waals surface area (Å²) in [6.45, 7) is 7.63. The van der Waals surface area contributed by atoms with E-state index in [9.17, 15) is 4.79 Å². The van der Waals surface area contributed by atoms with Gasteiger partial charge in [0.2, 0.25) is 5.91 Å². The molecular weight excluding hydrogens is 420 g/mol. The molecule has 1 saturated heterocycles. The van der Waals surface area contributed by atoms with Crippen LogP contribution in [-0.2, 0) is 16.1 Å². The number of benzene rings is 3. The summed E-state index contributed by atoms with van der Waals surface area (Å²) in [6.07, 6.45) is 2.73. The Labute approximate surface area is 201 Å². The Bertz CT molecular complexity index is 1280. The molecular formula is C30H32N2O2. The number of rotatable bonds is 6. The third kappa shape index (κ3) is 4.78. The number of amides is 1. The van der Waals surface area contributed by atoms with Crippen molar-refractivity contribution in [3.8, 4) is 0 Å². The summed E-state index contributed by atoms with van der Waals surface area (Å²) in [5.41, 5.74) is 7.37. The van der Waals surface area contributed by atoms with Gasteiger partial charge in [-0.2, -0.15) is 0 Å². The number of para-hydroxylation sites is 1. The van der Waals surface area contributed by atoms with Gasteiger partial charge in [-0.1, -0.05) is 77.9 Å². The second kappa shape index (κ2) is 9.86. The standard InChI is InChI=1S/C30H32N2O2/c1-22-10-12-24(13-11-22)20-32-21-28(26-8-3-4-9-29(26)32)27(25-7-5-6-23(2)18-25)19-30(33)31-14-16-34-17-15-31/h3-13,18,21,27H,14-17,19-20H2,1-2H3. The first-order chi connectivity index (χ1) is 16.6. The van der Waals surface area contributed by atoms with Crippen LogP contribution in [0.5, 0.6) is 0 Å². The van der Waals surface area contributed by atoms with E-state index >= 15 is 0 Å². The molecule has 0 saturated carbocycles. The zero-order chi connectivity index (χ0) is 23.5. The lowest BCUT2D eigenvalue weighted by Gasteiger charge is -2.29. The molecule has 174 valence electrons. The number of morpholine rings is 1. The van der Waals surface area contributed by atoms with Gasteiger partial charge in [-0.3, -0.25) is 4.79 Å². The molecule has 0 N–H and O–H groups in total. The number of fused-ring (bicyclic) bond motifs is 1. The van der Waals surface area contributed by atoms with E-state index in [0.717, 1.165) is 6.54 Å². The molecule has 0 spiro atoms. The minimum Gasteiger partial charge on any atom is -0.378 e. The highest BCUT2D eigenvalue weighted by Crippen LogP contribution is 2.36. The lowest BCUT2D eigenvalue weighted by Crippen LogP contribution is -2.41. The zero-order valence-corrected chi connectivity index (χ0v) is 20.0. The van der Waals surface area contributed by atoms with Gasteiger partial charge < -0.3 is 14.2 Å². The van der Waals surface area contributed by atoms with Gasteiger partial charge in [0.05, 0.1) is 13.2 Å². The van der Waals surface area contributed by atoms with Crippen molar-refractivity contribution >= 4 is 16.8 Å². The molecule has 3 aromatic carbocycles. The maximum absolute atomic E-state index is 13.4. The molecule has 5 rings (SSSR count). The van der Waals surface area contributed by atoms with Gasteiger partial charge in [0, 0.05) is 49.1 Å². The van der Waals surface area contributed by atoms with Crippen molar-refractivity contribution in [3.05, 3.63) is 107 Å². The van der Waals surface area contributed by atoms with Crippen LogP contribution in [0.1, 0.15) is 40.2 Å². The van der Waals surface area contributed by atoms with E-state index in [0.29, 0.717) is 32.7 Å². The van der Waals surface area contributed by atoms with E-state index in [-0.39, 0.29) is 11.8 Å². The Hall–Kier alpha value is -3.37. The van der Waals surface area contributed by atoms with Crippen molar-refractivity contribution in [2.24, 2.45) is 0 Å². The van der Waals surface area contributed by atoms with E-state index in [2.05, 4.69) is 97.4 Å². The largest absolute Gasteiger partial charge is 0.378 e. The smallest absolute Gasteiger partial charge is 0.223 e. The van der Waals surface area contributed by atoms with Crippen molar-refractivity contribution < 1.29 is 9.53 Å². The Morgan fingerprint density at radius 2 is 1.68 bits per heavy atom. The SMILES string of the molecule is Cc1ccc(Cn2cc(C(CC(=O)N3CCOCC3)c3cccc(C)c3)c3ccccc32)cc1. The Morgan fingerprint density at radius 3 is 2.44 bits per heavy atom. The summed E-state index contributed by atoms with van der Waals surface area (Å²) in [4.78, 5) is 15.3. The molecule has 0 bridgehead atoms. The van der Waals surface area contributed by atoms with Gasteiger partial charge in [-0.15, -0.1) is 0 Å². The van der Waals surface area contributed by atoms with Crippen molar-refractivity contribution in [1.82, 2.24) is 9.47 Å². The fourth-order valence-corrected chi connectivity index (χ4v) is 4.98. The lowest BCUT2D eigenvalue weighted by atomic mass is 9.87. The molecule has 2 heterocycles. The topological polar surface area (TPSA) is 34.5 Å². The number of nitrogens with zero attached hydrogens (tertiary/aromatic N) is 2. The van der Waals surface area contributed by atoms with Crippen molar-refractivity contribution in [2.45, 2.75) is 32.7 Å². The number of carbonyl (C=O) groups is 1. The first-order valence-electron chi connectivity index (χ1n) is 12.1. The van der Waals surface area contributed by atoms with Crippen LogP contribution in [0.2, 0.25) is 0 Å². The molecule has 1 aromatic heterocycles. The van der Waals surface area contributed by atoms with E-state index in [1.807, 2.05) is 4.90 Å². The highest BCUT2D eigenvalue weighted by atomic mass is 16.5. The van der Waals surface area contributed by atoms with Gasteiger partial charge in [-0.05, 0) is 36.6 Å². The average molecular weight is 453 g/mol. The third-order valence-corrected chi connectivity index (χ3v) is 6.86. The first kappa shape index (κ1) is 22.4. The minimum atomic E-state index is -0.000544. The van der Waals surface area contributed by atoms with Gasteiger partial charge in [0.15, 0.2) is 0 Å². The van der Waals surface area contributed by atoms with Crippen LogP contribution >= 0.6 is 0 Å². The van der Waals surface area contributed by atoms with Crippen molar-refractivity contribution in [2.75, 3.05) is 26.3 Å². The van der Waals surface area contributed by atoms with Crippen LogP contribution in [0.25, 0.3) is 10.9 Å². The highest BCUT2D eigenvalue weighted by Gasteiger charge is 2.26. The fraction of sp³-hybridized carbons (Fsp3) is 0.300. The molecule has 0 aliphatic carbocycles. The Morgan fingerprint density at radius 1 is 0.912 bits per heavy atom. The van der Waals surface area contributed by atoms with Crippen LogP contribution in [0.15, 0.2) is 79.0 Å². The predicted molar refractivity (Wildman–Crippen MR) is 137 cm³/mol. The first-order valence-corrected chi connectivity index (χ1v) is 12.1. The quantitative estimate of drug-likeness (QED) is 0.377. The van der Waals surface area contributed by atoms with Crippen LogP contribution in [0.4, 0.5) is 0 Å². The van der Waals surface area contributed by atoms with Crippen LogP contribution in [-0.4, -0.2) is 41.7 Å². The maximum Gasteiger partial charge on any atom is 0.223 e. The number of carbonyl (C=O) groups excluding carboxylic acids is 1. The van der Waals surface area contributed by atoms with E-state index in [1.54, 1.807) is 0 Å². The Balaban J connectivity index is 1.56. The minimum absolute atomic E-state index is 0.000544. The summed E-state index contributed by atoms with van der Waals surface area (Å²) >= 11 is 0. The maximum atomic E-state index is 13.4. The molecule has 1 aliphatic heterocycles. The summed E-state index contributed by atoms with van der Waals surface area (Å²) in [6, 6.07) is 25.9.